The van der Waals surface area contributed by atoms with Gasteiger partial charge in [-0.15, -0.1) is 0 Å². The molecular weight excluding hydrogens is 496 g/mol. The maximum absolute atomic E-state index is 14.7. The maximum atomic E-state index is 14.7. The first-order valence-electron chi connectivity index (χ1n) is 12.2. The second-order valence-electron chi connectivity index (χ2n) is 9.21. The van der Waals surface area contributed by atoms with Crippen LogP contribution in [0.15, 0.2) is 48.5 Å². The summed E-state index contributed by atoms with van der Waals surface area (Å²) >= 11 is 0. The van der Waals surface area contributed by atoms with Crippen molar-refractivity contribution in [2.24, 2.45) is 11.7 Å². The van der Waals surface area contributed by atoms with Gasteiger partial charge in [-0.05, 0) is 60.2 Å². The summed E-state index contributed by atoms with van der Waals surface area (Å²) in [6, 6.07) is 12.6. The third kappa shape index (κ3) is 7.04. The van der Waals surface area contributed by atoms with Crippen molar-refractivity contribution in [2.45, 2.75) is 39.8 Å². The van der Waals surface area contributed by atoms with E-state index in [1.165, 1.54) is 11.0 Å². The number of pyridine rings is 1. The molecule has 0 aliphatic carbocycles. The van der Waals surface area contributed by atoms with Gasteiger partial charge < -0.3 is 25.2 Å². The molecule has 1 heterocycles. The minimum atomic E-state index is -1.39. The Morgan fingerprint density at radius 2 is 1.76 bits per heavy atom. The number of halogens is 2. The van der Waals surface area contributed by atoms with E-state index in [1.807, 2.05) is 31.2 Å². The molecule has 0 aliphatic rings. The van der Waals surface area contributed by atoms with E-state index in [0.29, 0.717) is 24.7 Å². The van der Waals surface area contributed by atoms with Crippen LogP contribution in [0.25, 0.3) is 11.1 Å². The Kier molecular flexibility index (Phi) is 9.35. The molecule has 3 N–H and O–H groups in total. The largest absolute Gasteiger partial charge is 0.479 e. The first kappa shape index (κ1) is 28.5. The van der Waals surface area contributed by atoms with Gasteiger partial charge >= 0.3 is 5.97 Å². The summed E-state index contributed by atoms with van der Waals surface area (Å²) in [5.74, 6) is -5.22. The summed E-state index contributed by atoms with van der Waals surface area (Å²) < 4.78 is 40.1. The third-order valence-electron chi connectivity index (χ3n) is 5.77. The van der Waals surface area contributed by atoms with Crippen molar-refractivity contribution in [2.75, 3.05) is 13.6 Å². The second-order valence-corrected chi connectivity index (χ2v) is 9.21. The Morgan fingerprint density at radius 1 is 1.05 bits per heavy atom. The van der Waals surface area contributed by atoms with Gasteiger partial charge in [0.15, 0.2) is 17.7 Å². The molecule has 0 saturated heterocycles. The summed E-state index contributed by atoms with van der Waals surface area (Å²) in [6.07, 6.45) is -1.30. The molecular formula is C28H31F2N3O5. The van der Waals surface area contributed by atoms with Gasteiger partial charge in [0.2, 0.25) is 0 Å². The number of aliphatic carboxylic acids is 1. The molecule has 8 nitrogen and oxygen atoms in total. The van der Waals surface area contributed by atoms with Crippen LogP contribution in [0.1, 0.15) is 43.1 Å². The Balaban J connectivity index is 2.05. The summed E-state index contributed by atoms with van der Waals surface area (Å²) in [5.41, 5.74) is 8.28. The predicted molar refractivity (Wildman–Crippen MR) is 138 cm³/mol. The summed E-state index contributed by atoms with van der Waals surface area (Å²) in [7, 11) is 1.64. The molecule has 2 aromatic carbocycles. The molecule has 0 unspecified atom stereocenters. The molecule has 38 heavy (non-hydrogen) atoms. The lowest BCUT2D eigenvalue weighted by molar-refractivity contribution is -0.146. The smallest absolute Gasteiger partial charge is 0.344 e. The van der Waals surface area contributed by atoms with Crippen molar-refractivity contribution in [1.82, 2.24) is 9.88 Å². The van der Waals surface area contributed by atoms with Crippen molar-refractivity contribution in [3.8, 4) is 28.6 Å². The number of benzene rings is 2. The molecule has 3 rings (SSSR count). The van der Waals surface area contributed by atoms with E-state index >= 15 is 0 Å². The minimum absolute atomic E-state index is 0.0620. The van der Waals surface area contributed by atoms with Crippen LogP contribution in [-0.2, 0) is 11.3 Å². The first-order valence-corrected chi connectivity index (χ1v) is 12.2. The van der Waals surface area contributed by atoms with E-state index in [0.717, 1.165) is 11.1 Å². The van der Waals surface area contributed by atoms with E-state index in [9.17, 15) is 23.5 Å². The highest BCUT2D eigenvalue weighted by Gasteiger charge is 2.25. The topological polar surface area (TPSA) is 115 Å². The fraction of sp³-hybridized carbons (Fsp3) is 0.321. The molecule has 0 saturated carbocycles. The van der Waals surface area contributed by atoms with Crippen molar-refractivity contribution < 1.29 is 33.0 Å². The monoisotopic (exact) mass is 527 g/mol. The lowest BCUT2D eigenvalue weighted by Crippen LogP contribution is -2.29. The number of rotatable bonds is 11. The minimum Gasteiger partial charge on any atom is -0.479 e. The molecule has 10 heteroatoms. The zero-order valence-electron chi connectivity index (χ0n) is 21.7. The quantitative estimate of drug-likeness (QED) is 0.350. The van der Waals surface area contributed by atoms with Crippen molar-refractivity contribution in [1.29, 1.82) is 0 Å². The zero-order chi connectivity index (χ0) is 28.0. The van der Waals surface area contributed by atoms with E-state index in [2.05, 4.69) is 4.98 Å². The second kappa shape index (κ2) is 12.5. The highest BCUT2D eigenvalue weighted by Crippen LogP contribution is 2.32. The Hall–Kier alpha value is -4.05. The van der Waals surface area contributed by atoms with Crippen molar-refractivity contribution in [3.05, 3.63) is 71.3 Å². The van der Waals surface area contributed by atoms with Gasteiger partial charge in [0.1, 0.15) is 5.75 Å². The first-order chi connectivity index (χ1) is 18.0. The average molecular weight is 528 g/mol. The predicted octanol–water partition coefficient (Wildman–Crippen LogP) is 5.25. The standard InChI is InChI=1S/C28H31F2N3O5/c1-5-33(4)27(34)20-11-19(18-8-6-7-17(10-18)15-31)12-21(13-20)37-25-22(29)14-23(30)26(32-25)38-24(28(35)36)9-16(2)3/h6-8,10-14,16,24H,5,9,15,31H2,1-4H3,(H,35,36)/t24-/m1/s1. The highest BCUT2D eigenvalue weighted by atomic mass is 19.1. The van der Waals surface area contributed by atoms with E-state index < -0.39 is 35.5 Å². The van der Waals surface area contributed by atoms with E-state index in [4.69, 9.17) is 15.2 Å². The lowest BCUT2D eigenvalue weighted by atomic mass is 10.00. The van der Waals surface area contributed by atoms with Crippen LogP contribution in [0.2, 0.25) is 0 Å². The van der Waals surface area contributed by atoms with Gasteiger partial charge in [0.05, 0.1) is 0 Å². The fourth-order valence-electron chi connectivity index (χ4n) is 3.65. The van der Waals surface area contributed by atoms with E-state index in [-0.39, 0.29) is 29.6 Å². The van der Waals surface area contributed by atoms with Crippen LogP contribution >= 0.6 is 0 Å². The van der Waals surface area contributed by atoms with Gasteiger partial charge in [0.25, 0.3) is 17.7 Å². The molecule has 0 radical (unpaired) electrons. The molecule has 0 bridgehead atoms. The zero-order valence-corrected chi connectivity index (χ0v) is 21.7. The molecule has 0 aliphatic heterocycles. The van der Waals surface area contributed by atoms with Crippen LogP contribution < -0.4 is 15.2 Å². The number of hydrogen-bond acceptors (Lipinski definition) is 6. The van der Waals surface area contributed by atoms with Gasteiger partial charge in [-0.1, -0.05) is 32.0 Å². The molecule has 1 atom stereocenters. The normalized spacial score (nSPS) is 11.8. The molecule has 0 spiro atoms. The van der Waals surface area contributed by atoms with Crippen LogP contribution in [0.3, 0.4) is 0 Å². The van der Waals surface area contributed by atoms with Crippen LogP contribution in [-0.4, -0.2) is 46.6 Å². The fourth-order valence-corrected chi connectivity index (χ4v) is 3.65. The number of carboxylic acid groups (broad SMARTS) is 1. The van der Waals surface area contributed by atoms with Crippen LogP contribution in [0, 0.1) is 17.6 Å². The number of nitrogens with zero attached hydrogens (tertiary/aromatic N) is 2. The Morgan fingerprint density at radius 3 is 2.39 bits per heavy atom. The Bertz CT molecular complexity index is 1320. The summed E-state index contributed by atoms with van der Waals surface area (Å²) in [6.45, 7) is 6.17. The van der Waals surface area contributed by atoms with Crippen LogP contribution in [0.5, 0.6) is 17.5 Å². The molecule has 202 valence electrons. The van der Waals surface area contributed by atoms with Gasteiger partial charge in [-0.3, -0.25) is 4.79 Å². The van der Waals surface area contributed by atoms with Crippen LogP contribution in [0.4, 0.5) is 8.78 Å². The number of amides is 1. The number of hydrogen-bond donors (Lipinski definition) is 2. The number of carbonyl (C=O) groups excluding carboxylic acids is 1. The lowest BCUT2D eigenvalue weighted by Gasteiger charge is -2.18. The SMILES string of the molecule is CCN(C)C(=O)c1cc(Oc2nc(O[C@H](CC(C)C)C(=O)O)c(F)cc2F)cc(-c2cccc(CN)c2)c1. The number of aromatic nitrogens is 1. The Labute approximate surface area is 220 Å². The molecule has 0 fully saturated rings. The van der Waals surface area contributed by atoms with E-state index in [1.54, 1.807) is 33.0 Å². The average Bonchev–Trinajstić information content (AvgIpc) is 2.89. The number of carboxylic acids is 1. The number of nitrogens with two attached hydrogens (primary N) is 1. The molecule has 3 aromatic rings. The number of carbonyl (C=O) groups is 2. The maximum Gasteiger partial charge on any atom is 0.344 e. The van der Waals surface area contributed by atoms with Gasteiger partial charge in [-0.2, -0.15) is 4.98 Å². The summed E-state index contributed by atoms with van der Waals surface area (Å²) in [5, 5.41) is 9.43. The van der Waals surface area contributed by atoms with Gasteiger partial charge in [0, 0.05) is 31.8 Å². The summed E-state index contributed by atoms with van der Waals surface area (Å²) in [4.78, 5) is 29.8. The number of ether oxygens (including phenoxy) is 2. The third-order valence-corrected chi connectivity index (χ3v) is 5.77. The highest BCUT2D eigenvalue weighted by molar-refractivity contribution is 5.96. The van der Waals surface area contributed by atoms with Crippen molar-refractivity contribution >= 4 is 11.9 Å². The van der Waals surface area contributed by atoms with Crippen molar-refractivity contribution in [3.63, 3.8) is 0 Å². The van der Waals surface area contributed by atoms with Gasteiger partial charge in [-0.25, -0.2) is 13.6 Å². The molecule has 1 aromatic heterocycles. The molecule has 1 amide bonds.